The van der Waals surface area contributed by atoms with Crippen molar-refractivity contribution in [3.63, 3.8) is 0 Å². The number of carbonyl (C=O) groups is 1. The van der Waals surface area contributed by atoms with Gasteiger partial charge in [-0.2, -0.15) is 0 Å². The summed E-state index contributed by atoms with van der Waals surface area (Å²) >= 11 is 0. The molecule has 1 amide bonds. The molecule has 0 heterocycles. The van der Waals surface area contributed by atoms with Gasteiger partial charge in [0, 0.05) is 13.0 Å². The Kier molecular flexibility index (Phi) is 8.72. The molecule has 0 fully saturated rings. The predicted octanol–water partition coefficient (Wildman–Crippen LogP) is 2.89. The van der Waals surface area contributed by atoms with Crippen molar-refractivity contribution in [3.05, 3.63) is 35.9 Å². The van der Waals surface area contributed by atoms with Crippen LogP contribution in [0.15, 0.2) is 30.3 Å². The lowest BCUT2D eigenvalue weighted by molar-refractivity contribution is -0.121. The molecule has 3 nitrogen and oxygen atoms in total. The highest BCUT2D eigenvalue weighted by Crippen LogP contribution is 2.14. The van der Waals surface area contributed by atoms with Crippen molar-refractivity contribution in [1.29, 1.82) is 0 Å². The minimum atomic E-state index is 0.175. The molecular formula is C17H28N2O. The van der Waals surface area contributed by atoms with Gasteiger partial charge in [0.25, 0.3) is 0 Å². The van der Waals surface area contributed by atoms with Crippen molar-refractivity contribution in [1.82, 2.24) is 5.32 Å². The van der Waals surface area contributed by atoms with Gasteiger partial charge in [0.05, 0.1) is 0 Å². The molecule has 1 aromatic carbocycles. The molecule has 112 valence electrons. The number of rotatable bonds is 10. The summed E-state index contributed by atoms with van der Waals surface area (Å²) in [7, 11) is 0. The molecule has 0 radical (unpaired) electrons. The summed E-state index contributed by atoms with van der Waals surface area (Å²) in [5.41, 5.74) is 6.89. The Bertz CT molecular complexity index is 365. The maximum Gasteiger partial charge on any atom is 0.220 e. The first-order valence-electron chi connectivity index (χ1n) is 7.77. The first kappa shape index (κ1) is 16.7. The van der Waals surface area contributed by atoms with Gasteiger partial charge in [0.1, 0.15) is 0 Å². The highest BCUT2D eigenvalue weighted by Gasteiger charge is 2.08. The van der Waals surface area contributed by atoms with Gasteiger partial charge in [-0.1, -0.05) is 43.7 Å². The van der Waals surface area contributed by atoms with E-state index < -0.39 is 0 Å². The lowest BCUT2D eigenvalue weighted by Gasteiger charge is -2.13. The molecule has 3 heteroatoms. The molecule has 0 saturated carbocycles. The molecule has 3 N–H and O–H groups in total. The molecule has 0 spiro atoms. The second kappa shape index (κ2) is 10.4. The molecular weight excluding hydrogens is 248 g/mol. The average Bonchev–Trinajstić information content (AvgIpc) is 2.49. The third-order valence-electron chi connectivity index (χ3n) is 3.74. The van der Waals surface area contributed by atoms with E-state index in [0.29, 0.717) is 12.3 Å². The van der Waals surface area contributed by atoms with Crippen molar-refractivity contribution in [3.8, 4) is 0 Å². The Labute approximate surface area is 122 Å². The highest BCUT2D eigenvalue weighted by atomic mass is 16.1. The van der Waals surface area contributed by atoms with E-state index in [1.54, 1.807) is 0 Å². The van der Waals surface area contributed by atoms with E-state index in [-0.39, 0.29) is 5.91 Å². The van der Waals surface area contributed by atoms with Crippen LogP contribution < -0.4 is 11.1 Å². The largest absolute Gasteiger partial charge is 0.356 e. The van der Waals surface area contributed by atoms with Gasteiger partial charge in [-0.05, 0) is 43.7 Å². The average molecular weight is 276 g/mol. The zero-order valence-corrected chi connectivity index (χ0v) is 12.6. The lowest BCUT2D eigenvalue weighted by atomic mass is 9.96. The summed E-state index contributed by atoms with van der Waals surface area (Å²) in [4.78, 5) is 11.7. The van der Waals surface area contributed by atoms with Gasteiger partial charge in [-0.3, -0.25) is 4.79 Å². The Morgan fingerprint density at radius 3 is 2.65 bits per heavy atom. The van der Waals surface area contributed by atoms with Crippen molar-refractivity contribution in [2.45, 2.75) is 45.4 Å². The molecule has 1 atom stereocenters. The molecule has 0 aliphatic heterocycles. The molecule has 0 aromatic heterocycles. The summed E-state index contributed by atoms with van der Waals surface area (Å²) in [6, 6.07) is 10.4. The van der Waals surface area contributed by atoms with Crippen LogP contribution in [0.5, 0.6) is 0 Å². The quantitative estimate of drug-likeness (QED) is 0.646. The molecule has 0 aliphatic carbocycles. The minimum Gasteiger partial charge on any atom is -0.356 e. The van der Waals surface area contributed by atoms with E-state index in [2.05, 4.69) is 36.5 Å². The lowest BCUT2D eigenvalue weighted by Crippen LogP contribution is -2.25. The van der Waals surface area contributed by atoms with E-state index in [1.165, 1.54) is 5.56 Å². The molecule has 0 aliphatic rings. The monoisotopic (exact) mass is 276 g/mol. The van der Waals surface area contributed by atoms with Crippen molar-refractivity contribution < 1.29 is 4.79 Å². The summed E-state index contributed by atoms with van der Waals surface area (Å²) in [6.45, 7) is 3.65. The van der Waals surface area contributed by atoms with Crippen LogP contribution in [0.4, 0.5) is 0 Å². The SMILES string of the molecule is CCC(CCN)CCC(=O)NCCCc1ccccc1. The molecule has 0 saturated heterocycles. The minimum absolute atomic E-state index is 0.175. The second-order valence-corrected chi connectivity index (χ2v) is 5.33. The van der Waals surface area contributed by atoms with E-state index >= 15 is 0 Å². The van der Waals surface area contributed by atoms with Gasteiger partial charge in [-0.25, -0.2) is 0 Å². The van der Waals surface area contributed by atoms with E-state index in [4.69, 9.17) is 5.73 Å². The van der Waals surface area contributed by atoms with Crippen LogP contribution in [0.2, 0.25) is 0 Å². The van der Waals surface area contributed by atoms with Crippen molar-refractivity contribution in [2.24, 2.45) is 11.7 Å². The predicted molar refractivity (Wildman–Crippen MR) is 84.5 cm³/mol. The summed E-state index contributed by atoms with van der Waals surface area (Å²) in [5, 5.41) is 3.00. The third-order valence-corrected chi connectivity index (χ3v) is 3.74. The number of benzene rings is 1. The Hall–Kier alpha value is -1.35. The van der Waals surface area contributed by atoms with E-state index in [0.717, 1.165) is 45.2 Å². The fourth-order valence-corrected chi connectivity index (χ4v) is 2.38. The first-order valence-corrected chi connectivity index (χ1v) is 7.77. The van der Waals surface area contributed by atoms with Gasteiger partial charge < -0.3 is 11.1 Å². The summed E-state index contributed by atoms with van der Waals surface area (Å²) < 4.78 is 0. The standard InChI is InChI=1S/C17H28N2O/c1-2-15(12-13-18)10-11-17(20)19-14-6-9-16-7-4-3-5-8-16/h3-5,7-8,15H,2,6,9-14,18H2,1H3,(H,19,20). The molecule has 1 rings (SSSR count). The molecule has 0 bridgehead atoms. The molecule has 1 aromatic rings. The zero-order valence-electron chi connectivity index (χ0n) is 12.6. The van der Waals surface area contributed by atoms with Gasteiger partial charge in [0.2, 0.25) is 5.91 Å². The number of nitrogens with one attached hydrogen (secondary N) is 1. The molecule has 20 heavy (non-hydrogen) atoms. The Morgan fingerprint density at radius 2 is 2.00 bits per heavy atom. The Balaban J connectivity index is 2.08. The second-order valence-electron chi connectivity index (χ2n) is 5.33. The van der Waals surface area contributed by atoms with Crippen LogP contribution in [-0.2, 0) is 11.2 Å². The fraction of sp³-hybridized carbons (Fsp3) is 0.588. The maximum atomic E-state index is 11.7. The van der Waals surface area contributed by atoms with Gasteiger partial charge in [-0.15, -0.1) is 0 Å². The number of nitrogens with two attached hydrogens (primary N) is 1. The highest BCUT2D eigenvalue weighted by molar-refractivity contribution is 5.75. The van der Waals surface area contributed by atoms with E-state index in [1.807, 2.05) is 6.07 Å². The number of amides is 1. The first-order chi connectivity index (χ1) is 9.76. The zero-order chi connectivity index (χ0) is 14.6. The van der Waals surface area contributed by atoms with E-state index in [9.17, 15) is 4.79 Å². The Morgan fingerprint density at radius 1 is 1.25 bits per heavy atom. The van der Waals surface area contributed by atoms with Crippen LogP contribution >= 0.6 is 0 Å². The topological polar surface area (TPSA) is 55.1 Å². The summed E-state index contributed by atoms with van der Waals surface area (Å²) in [5.74, 6) is 0.767. The number of aryl methyl sites for hydroxylation is 1. The third kappa shape index (κ3) is 7.29. The van der Waals surface area contributed by atoms with Crippen LogP contribution in [0.1, 0.15) is 44.6 Å². The summed E-state index contributed by atoms with van der Waals surface area (Å²) in [6.07, 6.45) is 5.74. The normalized spacial score (nSPS) is 12.1. The van der Waals surface area contributed by atoms with Crippen molar-refractivity contribution in [2.75, 3.05) is 13.1 Å². The van der Waals surface area contributed by atoms with Crippen LogP contribution in [0.25, 0.3) is 0 Å². The van der Waals surface area contributed by atoms with Gasteiger partial charge in [0.15, 0.2) is 0 Å². The molecule has 1 unspecified atom stereocenters. The number of hydrogen-bond acceptors (Lipinski definition) is 2. The van der Waals surface area contributed by atoms with Crippen molar-refractivity contribution >= 4 is 5.91 Å². The van der Waals surface area contributed by atoms with Crippen LogP contribution in [0, 0.1) is 5.92 Å². The number of hydrogen-bond donors (Lipinski definition) is 2. The van der Waals surface area contributed by atoms with Crippen LogP contribution in [-0.4, -0.2) is 19.0 Å². The van der Waals surface area contributed by atoms with Crippen LogP contribution in [0.3, 0.4) is 0 Å². The van der Waals surface area contributed by atoms with Gasteiger partial charge >= 0.3 is 0 Å². The fourth-order valence-electron chi connectivity index (χ4n) is 2.38. The number of carbonyl (C=O) groups excluding carboxylic acids is 1. The maximum absolute atomic E-state index is 11.7. The smallest absolute Gasteiger partial charge is 0.220 e.